The SMILES string of the molecule is CCC1CCC(CNC2CCN3CCCC23)CC1. The summed E-state index contributed by atoms with van der Waals surface area (Å²) in [5.74, 6) is 2.02. The standard InChI is InChI=1S/C16H30N2/c1-2-13-5-7-14(8-6-13)12-17-15-9-11-18-10-3-4-16(15)18/h13-17H,2-12H2,1H3. The summed E-state index contributed by atoms with van der Waals surface area (Å²) >= 11 is 0. The Morgan fingerprint density at radius 2 is 1.72 bits per heavy atom. The lowest BCUT2D eigenvalue weighted by molar-refractivity contribution is 0.245. The van der Waals surface area contributed by atoms with Gasteiger partial charge in [0, 0.05) is 18.6 Å². The van der Waals surface area contributed by atoms with Crippen molar-refractivity contribution in [3.8, 4) is 0 Å². The monoisotopic (exact) mass is 250 g/mol. The highest BCUT2D eigenvalue weighted by Gasteiger charge is 2.36. The van der Waals surface area contributed by atoms with Crippen molar-refractivity contribution in [2.75, 3.05) is 19.6 Å². The summed E-state index contributed by atoms with van der Waals surface area (Å²) in [4.78, 5) is 2.71. The van der Waals surface area contributed by atoms with Crippen molar-refractivity contribution in [3.05, 3.63) is 0 Å². The second-order valence-corrected chi connectivity index (χ2v) is 6.84. The van der Waals surface area contributed by atoms with Crippen molar-refractivity contribution in [2.45, 2.75) is 70.4 Å². The van der Waals surface area contributed by atoms with Crippen LogP contribution in [0.25, 0.3) is 0 Å². The van der Waals surface area contributed by atoms with Crippen LogP contribution in [-0.4, -0.2) is 36.6 Å². The van der Waals surface area contributed by atoms with Crippen LogP contribution in [0.4, 0.5) is 0 Å². The fourth-order valence-corrected chi connectivity index (χ4v) is 4.48. The molecule has 3 aliphatic rings. The molecule has 104 valence electrons. The van der Waals surface area contributed by atoms with Crippen molar-refractivity contribution in [1.82, 2.24) is 10.2 Å². The number of hydrogen-bond acceptors (Lipinski definition) is 2. The average Bonchev–Trinajstić information content (AvgIpc) is 3.00. The van der Waals surface area contributed by atoms with Gasteiger partial charge in [0.15, 0.2) is 0 Å². The molecular formula is C16H30N2. The van der Waals surface area contributed by atoms with Crippen LogP contribution in [0, 0.1) is 11.8 Å². The predicted octanol–water partition coefficient (Wildman–Crippen LogP) is 3.03. The lowest BCUT2D eigenvalue weighted by atomic mass is 9.81. The average molecular weight is 250 g/mol. The Hall–Kier alpha value is -0.0800. The van der Waals surface area contributed by atoms with E-state index >= 15 is 0 Å². The number of rotatable bonds is 4. The number of nitrogens with zero attached hydrogens (tertiary/aromatic N) is 1. The van der Waals surface area contributed by atoms with Gasteiger partial charge in [0.05, 0.1) is 0 Å². The molecule has 0 bridgehead atoms. The van der Waals surface area contributed by atoms with E-state index in [1.807, 2.05) is 0 Å². The van der Waals surface area contributed by atoms with Gasteiger partial charge in [-0.15, -0.1) is 0 Å². The van der Waals surface area contributed by atoms with E-state index < -0.39 is 0 Å². The van der Waals surface area contributed by atoms with E-state index in [1.54, 1.807) is 0 Å². The predicted molar refractivity (Wildman–Crippen MR) is 76.7 cm³/mol. The zero-order valence-electron chi connectivity index (χ0n) is 12.0. The lowest BCUT2D eigenvalue weighted by Gasteiger charge is -2.30. The molecule has 1 saturated carbocycles. The Morgan fingerprint density at radius 1 is 0.944 bits per heavy atom. The molecule has 2 heteroatoms. The molecule has 2 saturated heterocycles. The Labute approximate surface area is 113 Å². The number of hydrogen-bond donors (Lipinski definition) is 1. The summed E-state index contributed by atoms with van der Waals surface area (Å²) in [5, 5.41) is 3.91. The molecule has 0 aromatic heterocycles. The zero-order valence-corrected chi connectivity index (χ0v) is 12.0. The summed E-state index contributed by atoms with van der Waals surface area (Å²) in [7, 11) is 0. The van der Waals surface area contributed by atoms with Gasteiger partial charge in [-0.05, 0) is 57.0 Å². The Morgan fingerprint density at radius 3 is 2.50 bits per heavy atom. The molecule has 2 atom stereocenters. The van der Waals surface area contributed by atoms with Crippen molar-refractivity contribution in [2.24, 2.45) is 11.8 Å². The second kappa shape index (κ2) is 5.92. The topological polar surface area (TPSA) is 15.3 Å². The highest BCUT2D eigenvalue weighted by Crippen LogP contribution is 2.31. The van der Waals surface area contributed by atoms with Gasteiger partial charge in [-0.3, -0.25) is 4.90 Å². The van der Waals surface area contributed by atoms with E-state index in [2.05, 4.69) is 17.1 Å². The number of fused-ring (bicyclic) bond motifs is 1. The third-order valence-electron chi connectivity index (χ3n) is 5.82. The minimum atomic E-state index is 0.816. The summed E-state index contributed by atoms with van der Waals surface area (Å²) in [6, 6.07) is 1.70. The fourth-order valence-electron chi connectivity index (χ4n) is 4.48. The van der Waals surface area contributed by atoms with Crippen LogP contribution >= 0.6 is 0 Å². The van der Waals surface area contributed by atoms with Crippen molar-refractivity contribution < 1.29 is 0 Å². The molecule has 2 nitrogen and oxygen atoms in total. The summed E-state index contributed by atoms with van der Waals surface area (Å²) in [5.41, 5.74) is 0. The molecule has 0 aromatic rings. The quantitative estimate of drug-likeness (QED) is 0.825. The van der Waals surface area contributed by atoms with Crippen LogP contribution in [0.2, 0.25) is 0 Å². The zero-order chi connectivity index (χ0) is 12.4. The molecule has 2 heterocycles. The highest BCUT2D eigenvalue weighted by molar-refractivity contribution is 4.95. The van der Waals surface area contributed by atoms with Crippen LogP contribution in [0.3, 0.4) is 0 Å². The summed E-state index contributed by atoms with van der Waals surface area (Å²) in [6.07, 6.45) is 11.6. The number of nitrogens with one attached hydrogen (secondary N) is 1. The maximum absolute atomic E-state index is 3.91. The largest absolute Gasteiger partial charge is 0.312 e. The van der Waals surface area contributed by atoms with Gasteiger partial charge < -0.3 is 5.32 Å². The van der Waals surface area contributed by atoms with Crippen LogP contribution < -0.4 is 5.32 Å². The first kappa shape index (κ1) is 12.9. The minimum Gasteiger partial charge on any atom is -0.312 e. The molecule has 1 aliphatic carbocycles. The molecule has 18 heavy (non-hydrogen) atoms. The van der Waals surface area contributed by atoms with Gasteiger partial charge in [-0.1, -0.05) is 26.2 Å². The second-order valence-electron chi connectivity index (χ2n) is 6.84. The maximum Gasteiger partial charge on any atom is 0.0250 e. The first-order valence-corrected chi connectivity index (χ1v) is 8.34. The van der Waals surface area contributed by atoms with Crippen LogP contribution in [0.1, 0.15) is 58.3 Å². The van der Waals surface area contributed by atoms with E-state index in [0.717, 1.165) is 23.9 Å². The van der Waals surface area contributed by atoms with E-state index in [0.29, 0.717) is 0 Å². The van der Waals surface area contributed by atoms with Gasteiger partial charge in [0.25, 0.3) is 0 Å². The van der Waals surface area contributed by atoms with Gasteiger partial charge in [0.1, 0.15) is 0 Å². The van der Waals surface area contributed by atoms with E-state index in [4.69, 9.17) is 0 Å². The lowest BCUT2D eigenvalue weighted by Crippen LogP contribution is -2.41. The van der Waals surface area contributed by atoms with Crippen molar-refractivity contribution in [3.63, 3.8) is 0 Å². The van der Waals surface area contributed by atoms with E-state index in [9.17, 15) is 0 Å². The fraction of sp³-hybridized carbons (Fsp3) is 1.00. The molecule has 0 aromatic carbocycles. The van der Waals surface area contributed by atoms with E-state index in [1.165, 1.54) is 71.0 Å². The van der Waals surface area contributed by atoms with Crippen molar-refractivity contribution >= 4 is 0 Å². The first-order valence-electron chi connectivity index (χ1n) is 8.34. The summed E-state index contributed by atoms with van der Waals surface area (Å²) < 4.78 is 0. The Bertz CT molecular complexity index is 258. The third kappa shape index (κ3) is 2.75. The molecule has 2 aliphatic heterocycles. The first-order chi connectivity index (χ1) is 8.86. The molecule has 0 amide bonds. The summed E-state index contributed by atoms with van der Waals surface area (Å²) in [6.45, 7) is 6.37. The highest BCUT2D eigenvalue weighted by atomic mass is 15.2. The molecule has 3 fully saturated rings. The van der Waals surface area contributed by atoms with Crippen LogP contribution in [0.5, 0.6) is 0 Å². The van der Waals surface area contributed by atoms with E-state index in [-0.39, 0.29) is 0 Å². The normalized spacial score (nSPS) is 41.2. The molecule has 2 unspecified atom stereocenters. The van der Waals surface area contributed by atoms with Gasteiger partial charge in [-0.25, -0.2) is 0 Å². The molecule has 0 spiro atoms. The van der Waals surface area contributed by atoms with Gasteiger partial charge in [-0.2, -0.15) is 0 Å². The minimum absolute atomic E-state index is 0.816. The third-order valence-corrected chi connectivity index (χ3v) is 5.82. The van der Waals surface area contributed by atoms with Gasteiger partial charge in [0.2, 0.25) is 0 Å². The Kier molecular flexibility index (Phi) is 4.25. The van der Waals surface area contributed by atoms with Crippen LogP contribution in [-0.2, 0) is 0 Å². The van der Waals surface area contributed by atoms with Gasteiger partial charge >= 0.3 is 0 Å². The Balaban J connectivity index is 1.39. The maximum atomic E-state index is 3.91. The molecular weight excluding hydrogens is 220 g/mol. The molecule has 3 rings (SSSR count). The molecule has 1 N–H and O–H groups in total. The van der Waals surface area contributed by atoms with Crippen LogP contribution in [0.15, 0.2) is 0 Å². The smallest absolute Gasteiger partial charge is 0.0250 e. The molecule has 0 radical (unpaired) electrons. The van der Waals surface area contributed by atoms with Crippen molar-refractivity contribution in [1.29, 1.82) is 0 Å².